The molecular formula is C21H21ClF3N. The second-order valence-electron chi connectivity index (χ2n) is 6.35. The maximum absolute atomic E-state index is 12.7. The summed E-state index contributed by atoms with van der Waals surface area (Å²) in [7, 11) is 1.99. The Hall–Kier alpha value is -2.04. The van der Waals surface area contributed by atoms with Crippen molar-refractivity contribution in [3.05, 3.63) is 83.4 Å². The highest BCUT2D eigenvalue weighted by atomic mass is 35.5. The number of halogens is 4. The summed E-state index contributed by atoms with van der Waals surface area (Å²) in [5.41, 5.74) is 1.47. The number of hydrogen-bond acceptors (Lipinski definition) is 1. The number of nitrogens with zero attached hydrogens (tertiary/aromatic N) is 1. The molecule has 138 valence electrons. The van der Waals surface area contributed by atoms with Gasteiger partial charge in [0.1, 0.15) is 0 Å². The highest BCUT2D eigenvalue weighted by Crippen LogP contribution is 2.30. The highest BCUT2D eigenvalue weighted by Gasteiger charge is 2.30. The maximum atomic E-state index is 12.7. The number of fused-ring (bicyclic) bond motifs is 1. The van der Waals surface area contributed by atoms with E-state index in [1.54, 1.807) is 12.1 Å². The molecule has 0 aliphatic rings. The molecule has 5 heteroatoms. The van der Waals surface area contributed by atoms with Crippen LogP contribution in [0.1, 0.15) is 29.7 Å². The SMILES string of the molecule is C[C@H](c1cccc2ccccc12)N(C)Cc1ccc(C(F)(F)F)cc1.Cl. The van der Waals surface area contributed by atoms with Gasteiger partial charge in [-0.3, -0.25) is 4.90 Å². The molecule has 1 nitrogen and oxygen atoms in total. The predicted molar refractivity (Wildman–Crippen MR) is 103 cm³/mol. The minimum atomic E-state index is -4.29. The summed E-state index contributed by atoms with van der Waals surface area (Å²) in [6.45, 7) is 2.70. The van der Waals surface area contributed by atoms with E-state index in [1.165, 1.54) is 16.3 Å². The molecule has 0 saturated carbocycles. The summed E-state index contributed by atoms with van der Waals surface area (Å²) >= 11 is 0. The lowest BCUT2D eigenvalue weighted by atomic mass is 9.98. The van der Waals surface area contributed by atoms with Crippen molar-refractivity contribution in [2.24, 2.45) is 0 Å². The molecule has 26 heavy (non-hydrogen) atoms. The molecule has 0 N–H and O–H groups in total. The zero-order valence-corrected chi connectivity index (χ0v) is 15.4. The lowest BCUT2D eigenvalue weighted by Crippen LogP contribution is -2.22. The van der Waals surface area contributed by atoms with Gasteiger partial charge in [-0.1, -0.05) is 54.6 Å². The van der Waals surface area contributed by atoms with Crippen molar-refractivity contribution in [2.45, 2.75) is 25.7 Å². The van der Waals surface area contributed by atoms with E-state index in [0.29, 0.717) is 6.54 Å². The predicted octanol–water partition coefficient (Wildman–Crippen LogP) is 6.47. The molecule has 0 amide bonds. The molecule has 0 radical (unpaired) electrons. The Bertz CT molecular complexity index is 854. The number of benzene rings is 3. The van der Waals surface area contributed by atoms with Gasteiger partial charge in [0.05, 0.1) is 5.56 Å². The molecule has 0 saturated heterocycles. The van der Waals surface area contributed by atoms with Gasteiger partial charge in [-0.15, -0.1) is 12.4 Å². The number of hydrogen-bond donors (Lipinski definition) is 0. The number of alkyl halides is 3. The van der Waals surface area contributed by atoms with Crippen LogP contribution < -0.4 is 0 Å². The first-order valence-corrected chi connectivity index (χ1v) is 8.20. The van der Waals surface area contributed by atoms with Crippen molar-refractivity contribution in [3.63, 3.8) is 0 Å². The normalized spacial score (nSPS) is 12.8. The first-order chi connectivity index (χ1) is 11.9. The lowest BCUT2D eigenvalue weighted by molar-refractivity contribution is -0.137. The monoisotopic (exact) mass is 379 g/mol. The Morgan fingerprint density at radius 1 is 0.885 bits per heavy atom. The molecule has 0 unspecified atom stereocenters. The molecule has 0 aliphatic heterocycles. The molecule has 0 heterocycles. The van der Waals surface area contributed by atoms with Gasteiger partial charge in [0.2, 0.25) is 0 Å². The molecular weight excluding hydrogens is 359 g/mol. The van der Waals surface area contributed by atoms with E-state index in [1.807, 2.05) is 25.2 Å². The van der Waals surface area contributed by atoms with Crippen molar-refractivity contribution in [1.82, 2.24) is 4.90 Å². The largest absolute Gasteiger partial charge is 0.416 e. The first kappa shape index (κ1) is 20.3. The van der Waals surface area contributed by atoms with Gasteiger partial charge < -0.3 is 0 Å². The van der Waals surface area contributed by atoms with Crippen LogP contribution in [0.15, 0.2) is 66.7 Å². The van der Waals surface area contributed by atoms with Crippen molar-refractivity contribution in [2.75, 3.05) is 7.05 Å². The van der Waals surface area contributed by atoms with Crippen molar-refractivity contribution >= 4 is 23.2 Å². The van der Waals surface area contributed by atoms with Crippen LogP contribution in [0.4, 0.5) is 13.2 Å². The molecule has 3 rings (SSSR count). The minimum absolute atomic E-state index is 0. The van der Waals surface area contributed by atoms with Crippen molar-refractivity contribution < 1.29 is 13.2 Å². The van der Waals surface area contributed by atoms with E-state index in [2.05, 4.69) is 36.1 Å². The molecule has 3 aromatic carbocycles. The van der Waals surface area contributed by atoms with Crippen LogP contribution in [-0.2, 0) is 12.7 Å². The van der Waals surface area contributed by atoms with Crippen LogP contribution in [0.2, 0.25) is 0 Å². The molecule has 3 aromatic rings. The van der Waals surface area contributed by atoms with E-state index >= 15 is 0 Å². The van der Waals surface area contributed by atoms with Gasteiger partial charge in [0.15, 0.2) is 0 Å². The van der Waals surface area contributed by atoms with Crippen LogP contribution in [0.3, 0.4) is 0 Å². The van der Waals surface area contributed by atoms with Crippen LogP contribution in [0.25, 0.3) is 10.8 Å². The fraction of sp³-hybridized carbons (Fsp3) is 0.238. The standard InChI is InChI=1S/C21H20F3N.ClH/c1-15(19-9-5-7-17-6-3-4-8-20(17)19)25(2)14-16-10-12-18(13-11-16)21(22,23)24;/h3-13,15H,14H2,1-2H3;1H/t15-;/m1./s1. The maximum Gasteiger partial charge on any atom is 0.416 e. The van der Waals surface area contributed by atoms with Gasteiger partial charge in [-0.2, -0.15) is 13.2 Å². The molecule has 1 atom stereocenters. The van der Waals surface area contributed by atoms with Gasteiger partial charge >= 0.3 is 6.18 Å². The average Bonchev–Trinajstić information content (AvgIpc) is 2.60. The van der Waals surface area contributed by atoms with E-state index in [4.69, 9.17) is 0 Å². The van der Waals surface area contributed by atoms with Crippen LogP contribution in [0, 0.1) is 0 Å². The van der Waals surface area contributed by atoms with E-state index < -0.39 is 11.7 Å². The third-order valence-corrected chi connectivity index (χ3v) is 4.65. The highest BCUT2D eigenvalue weighted by molar-refractivity contribution is 5.86. The summed E-state index contributed by atoms with van der Waals surface area (Å²) in [6, 6.07) is 20.0. The summed E-state index contributed by atoms with van der Waals surface area (Å²) in [6.07, 6.45) is -4.29. The topological polar surface area (TPSA) is 3.24 Å². The lowest BCUT2D eigenvalue weighted by Gasteiger charge is -2.26. The third kappa shape index (κ3) is 4.37. The van der Waals surface area contributed by atoms with E-state index in [-0.39, 0.29) is 18.4 Å². The molecule has 0 aromatic heterocycles. The second-order valence-corrected chi connectivity index (χ2v) is 6.35. The molecule has 0 spiro atoms. The summed E-state index contributed by atoms with van der Waals surface area (Å²) < 4.78 is 38.0. The van der Waals surface area contributed by atoms with Crippen LogP contribution >= 0.6 is 12.4 Å². The Labute approximate surface area is 157 Å². The Kier molecular flexibility index (Phi) is 6.32. The van der Waals surface area contributed by atoms with E-state index in [9.17, 15) is 13.2 Å². The van der Waals surface area contributed by atoms with Crippen LogP contribution in [0.5, 0.6) is 0 Å². The summed E-state index contributed by atoms with van der Waals surface area (Å²) in [5, 5.41) is 2.39. The smallest absolute Gasteiger partial charge is 0.295 e. The Balaban J connectivity index is 0.00000243. The molecule has 0 aliphatic carbocycles. The fourth-order valence-electron chi connectivity index (χ4n) is 3.08. The van der Waals surface area contributed by atoms with E-state index in [0.717, 1.165) is 17.7 Å². The summed E-state index contributed by atoms with van der Waals surface area (Å²) in [5.74, 6) is 0. The Morgan fingerprint density at radius 2 is 1.50 bits per heavy atom. The molecule has 0 bridgehead atoms. The quantitative estimate of drug-likeness (QED) is 0.502. The summed E-state index contributed by atoms with van der Waals surface area (Å²) in [4.78, 5) is 2.14. The van der Waals surface area contributed by atoms with Crippen molar-refractivity contribution in [1.29, 1.82) is 0 Å². The first-order valence-electron chi connectivity index (χ1n) is 8.20. The molecule has 0 fully saturated rings. The Morgan fingerprint density at radius 3 is 2.15 bits per heavy atom. The van der Waals surface area contributed by atoms with Crippen LogP contribution in [-0.4, -0.2) is 11.9 Å². The average molecular weight is 380 g/mol. The fourth-order valence-corrected chi connectivity index (χ4v) is 3.08. The second kappa shape index (κ2) is 8.11. The minimum Gasteiger partial charge on any atom is -0.295 e. The van der Waals surface area contributed by atoms with Gasteiger partial charge in [-0.25, -0.2) is 0 Å². The zero-order valence-electron chi connectivity index (χ0n) is 14.6. The van der Waals surface area contributed by atoms with Crippen molar-refractivity contribution in [3.8, 4) is 0 Å². The van der Waals surface area contributed by atoms with Gasteiger partial charge in [0, 0.05) is 12.6 Å². The number of rotatable bonds is 4. The van der Waals surface area contributed by atoms with Gasteiger partial charge in [0.25, 0.3) is 0 Å². The zero-order chi connectivity index (χ0) is 18.0. The van der Waals surface area contributed by atoms with Gasteiger partial charge in [-0.05, 0) is 48.0 Å². The third-order valence-electron chi connectivity index (χ3n) is 4.65.